The molecule has 1 aliphatic heterocycles. The molecule has 6 rings (SSSR count). The number of amides is 1. The van der Waals surface area contributed by atoms with Gasteiger partial charge in [0.25, 0.3) is 5.91 Å². The summed E-state index contributed by atoms with van der Waals surface area (Å²) >= 11 is 1.44. The molecule has 0 unspecified atom stereocenters. The molecule has 5 aromatic rings. The van der Waals surface area contributed by atoms with Crippen molar-refractivity contribution in [3.8, 4) is 11.3 Å². The van der Waals surface area contributed by atoms with Gasteiger partial charge in [-0.2, -0.15) is 0 Å². The zero-order chi connectivity index (χ0) is 23.8. The largest absolute Gasteiger partial charge is 0.457 e. The third kappa shape index (κ3) is 4.16. The number of carbonyl (C=O) groups is 2. The van der Waals surface area contributed by atoms with E-state index in [0.29, 0.717) is 27.8 Å². The number of rotatable bonds is 4. The van der Waals surface area contributed by atoms with Crippen molar-refractivity contribution >= 4 is 46.2 Å². The van der Waals surface area contributed by atoms with Gasteiger partial charge in [-0.3, -0.25) is 9.59 Å². The van der Waals surface area contributed by atoms with Crippen molar-refractivity contribution in [1.82, 2.24) is 4.98 Å². The van der Waals surface area contributed by atoms with Crippen LogP contribution in [0.5, 0.6) is 0 Å². The first kappa shape index (κ1) is 21.1. The lowest BCUT2D eigenvalue weighted by atomic mass is 10.1. The van der Waals surface area contributed by atoms with Gasteiger partial charge < -0.3 is 9.73 Å². The van der Waals surface area contributed by atoms with E-state index in [9.17, 15) is 9.59 Å². The Balaban J connectivity index is 1.21. The number of pyridine rings is 1. The Morgan fingerprint density at radius 1 is 0.886 bits per heavy atom. The van der Waals surface area contributed by atoms with Gasteiger partial charge in [-0.15, -0.1) is 0 Å². The fraction of sp³-hybridized carbons (Fsp3) is 0. The topological polar surface area (TPSA) is 72.2 Å². The van der Waals surface area contributed by atoms with E-state index in [-0.39, 0.29) is 11.7 Å². The van der Waals surface area contributed by atoms with Crippen molar-refractivity contribution in [3.63, 3.8) is 0 Å². The molecule has 3 aromatic carbocycles. The van der Waals surface area contributed by atoms with Gasteiger partial charge in [0, 0.05) is 27.0 Å². The van der Waals surface area contributed by atoms with E-state index >= 15 is 0 Å². The summed E-state index contributed by atoms with van der Waals surface area (Å²) in [5.41, 5.74) is 2.79. The quantitative estimate of drug-likeness (QED) is 0.282. The Labute approximate surface area is 205 Å². The maximum absolute atomic E-state index is 12.9. The number of thioether (sulfide) groups is 1. The summed E-state index contributed by atoms with van der Waals surface area (Å²) in [6, 6.07) is 29.9. The van der Waals surface area contributed by atoms with Crippen LogP contribution in [0.2, 0.25) is 0 Å². The fourth-order valence-corrected chi connectivity index (χ4v) is 5.02. The zero-order valence-corrected chi connectivity index (χ0v) is 19.2. The molecule has 168 valence electrons. The Morgan fingerprint density at radius 3 is 2.66 bits per heavy atom. The van der Waals surface area contributed by atoms with Crippen LogP contribution in [-0.4, -0.2) is 16.7 Å². The van der Waals surface area contributed by atoms with Crippen molar-refractivity contribution in [2.24, 2.45) is 0 Å². The van der Waals surface area contributed by atoms with E-state index in [1.165, 1.54) is 11.8 Å². The molecular formula is C29H18N2O3S. The van der Waals surface area contributed by atoms with Gasteiger partial charge in [0.05, 0.1) is 10.4 Å². The smallest absolute Gasteiger partial charge is 0.256 e. The molecule has 0 spiro atoms. The summed E-state index contributed by atoms with van der Waals surface area (Å²) in [5, 5.41) is 3.88. The number of fused-ring (bicyclic) bond motifs is 2. The number of aromatic nitrogens is 1. The molecule has 0 fully saturated rings. The Bertz CT molecular complexity index is 1650. The second kappa shape index (κ2) is 8.74. The maximum atomic E-state index is 12.9. The molecule has 0 bridgehead atoms. The number of Topliss-reactive ketones (excluding diaryl/α,β-unsaturated/α-hetero) is 1. The zero-order valence-electron chi connectivity index (χ0n) is 18.4. The number of hydrogen-bond acceptors (Lipinski definition) is 5. The van der Waals surface area contributed by atoms with Crippen molar-refractivity contribution < 1.29 is 14.0 Å². The molecule has 1 aliphatic rings. The van der Waals surface area contributed by atoms with Gasteiger partial charge in [0.15, 0.2) is 0 Å². The van der Waals surface area contributed by atoms with Crippen LogP contribution < -0.4 is 5.32 Å². The third-order valence-electron chi connectivity index (χ3n) is 5.72. The molecule has 1 N–H and O–H groups in total. The van der Waals surface area contributed by atoms with Crippen LogP contribution in [-0.2, 0) is 0 Å². The number of furan rings is 1. The highest BCUT2D eigenvalue weighted by molar-refractivity contribution is 8.04. The van der Waals surface area contributed by atoms with Gasteiger partial charge in [-0.05, 0) is 60.7 Å². The molecule has 6 heteroatoms. The molecule has 0 atom stereocenters. The van der Waals surface area contributed by atoms with Crippen molar-refractivity contribution in [2.75, 3.05) is 5.32 Å². The van der Waals surface area contributed by atoms with Crippen LogP contribution in [0.3, 0.4) is 0 Å². The SMILES string of the molecule is O=C(Nc1ccc2ccccc2n1)c1cccc(-c2ccc(/C=C3\Sc4ccccc4C3=O)o2)c1. The summed E-state index contributed by atoms with van der Waals surface area (Å²) in [5.74, 6) is 1.44. The molecule has 0 saturated carbocycles. The Kier molecular flexibility index (Phi) is 5.28. The summed E-state index contributed by atoms with van der Waals surface area (Å²) in [7, 11) is 0. The van der Waals surface area contributed by atoms with Crippen molar-refractivity contribution in [2.45, 2.75) is 4.90 Å². The lowest BCUT2D eigenvalue weighted by Crippen LogP contribution is -2.12. The van der Waals surface area contributed by atoms with Crippen molar-refractivity contribution in [3.05, 3.63) is 119 Å². The molecule has 0 aliphatic carbocycles. The number of benzene rings is 3. The second-order valence-corrected chi connectivity index (χ2v) is 9.15. The van der Waals surface area contributed by atoms with E-state index in [0.717, 1.165) is 26.9 Å². The van der Waals surface area contributed by atoms with Crippen LogP contribution in [0.15, 0.2) is 111 Å². The lowest BCUT2D eigenvalue weighted by Gasteiger charge is -2.07. The molecular weight excluding hydrogens is 456 g/mol. The van der Waals surface area contributed by atoms with Crippen molar-refractivity contribution in [1.29, 1.82) is 0 Å². The number of anilines is 1. The predicted octanol–water partition coefficient (Wildman–Crippen LogP) is 7.08. The summed E-state index contributed by atoms with van der Waals surface area (Å²) in [4.78, 5) is 31.6. The van der Waals surface area contributed by atoms with Crippen LogP contribution in [0.25, 0.3) is 28.3 Å². The monoisotopic (exact) mass is 474 g/mol. The first-order valence-electron chi connectivity index (χ1n) is 11.0. The number of ketones is 1. The molecule has 5 nitrogen and oxygen atoms in total. The van der Waals surface area contributed by atoms with Gasteiger partial charge in [-0.1, -0.05) is 54.2 Å². The van der Waals surface area contributed by atoms with E-state index < -0.39 is 0 Å². The van der Waals surface area contributed by atoms with E-state index in [2.05, 4.69) is 10.3 Å². The molecule has 3 heterocycles. The van der Waals surface area contributed by atoms with E-state index in [1.807, 2.05) is 78.9 Å². The lowest BCUT2D eigenvalue weighted by molar-refractivity contribution is 0.102. The number of allylic oxidation sites excluding steroid dienone is 1. The average molecular weight is 475 g/mol. The molecule has 2 aromatic heterocycles. The highest BCUT2D eigenvalue weighted by Crippen LogP contribution is 2.41. The number of para-hydroxylation sites is 1. The number of carbonyl (C=O) groups excluding carboxylic acids is 2. The highest BCUT2D eigenvalue weighted by Gasteiger charge is 2.25. The minimum Gasteiger partial charge on any atom is -0.457 e. The van der Waals surface area contributed by atoms with Gasteiger partial charge in [0.2, 0.25) is 5.78 Å². The second-order valence-electron chi connectivity index (χ2n) is 8.06. The predicted molar refractivity (Wildman–Crippen MR) is 138 cm³/mol. The first-order valence-corrected chi connectivity index (χ1v) is 11.9. The molecule has 0 radical (unpaired) electrons. The average Bonchev–Trinajstić information content (AvgIpc) is 3.49. The fourth-order valence-electron chi connectivity index (χ4n) is 3.99. The third-order valence-corrected chi connectivity index (χ3v) is 6.82. The summed E-state index contributed by atoms with van der Waals surface area (Å²) in [6.45, 7) is 0. The normalized spacial score (nSPS) is 13.8. The first-order chi connectivity index (χ1) is 17.1. The summed E-state index contributed by atoms with van der Waals surface area (Å²) in [6.07, 6.45) is 1.76. The van der Waals surface area contributed by atoms with Gasteiger partial charge in [0.1, 0.15) is 17.3 Å². The maximum Gasteiger partial charge on any atom is 0.256 e. The summed E-state index contributed by atoms with van der Waals surface area (Å²) < 4.78 is 5.99. The Morgan fingerprint density at radius 2 is 1.74 bits per heavy atom. The molecule has 1 amide bonds. The van der Waals surface area contributed by atoms with Gasteiger partial charge in [-0.25, -0.2) is 4.98 Å². The molecule has 35 heavy (non-hydrogen) atoms. The van der Waals surface area contributed by atoms with Crippen LogP contribution in [0.4, 0.5) is 5.82 Å². The number of nitrogens with zero attached hydrogens (tertiary/aromatic N) is 1. The molecule has 0 saturated heterocycles. The van der Waals surface area contributed by atoms with Crippen LogP contribution in [0.1, 0.15) is 26.5 Å². The minimum atomic E-state index is -0.255. The minimum absolute atomic E-state index is 0.00418. The van der Waals surface area contributed by atoms with Crippen LogP contribution >= 0.6 is 11.8 Å². The Hall–Kier alpha value is -4.42. The van der Waals surface area contributed by atoms with E-state index in [4.69, 9.17) is 4.42 Å². The standard InChI is InChI=1S/C29H18N2O3S/c32-28-22-9-2-4-11-25(22)35-26(28)17-21-13-14-24(34-21)19-7-5-8-20(16-19)29(33)31-27-15-12-18-6-1-3-10-23(18)30-27/h1-17H,(H,30,31,33)/b26-17-. The van der Waals surface area contributed by atoms with E-state index in [1.54, 1.807) is 24.3 Å². The number of hydrogen-bond donors (Lipinski definition) is 1. The van der Waals surface area contributed by atoms with Gasteiger partial charge >= 0.3 is 0 Å². The van der Waals surface area contributed by atoms with Crippen LogP contribution in [0, 0.1) is 0 Å². The number of nitrogens with one attached hydrogen (secondary N) is 1. The highest BCUT2D eigenvalue weighted by atomic mass is 32.2.